The van der Waals surface area contributed by atoms with Gasteiger partial charge in [-0.2, -0.15) is 0 Å². The number of rotatable bonds is 3. The summed E-state index contributed by atoms with van der Waals surface area (Å²) in [4.78, 5) is 18.6. The Morgan fingerprint density at radius 2 is 1.69 bits per heavy atom. The van der Waals surface area contributed by atoms with Crippen molar-refractivity contribution in [2.24, 2.45) is 0 Å². The number of aliphatic hydroxyl groups is 1. The molecule has 6 nitrogen and oxygen atoms in total. The van der Waals surface area contributed by atoms with Crippen LogP contribution in [-0.4, -0.2) is 11.7 Å². The summed E-state index contributed by atoms with van der Waals surface area (Å²) < 4.78 is 21.8. The van der Waals surface area contributed by atoms with E-state index < -0.39 is 16.5 Å². The smallest absolute Gasteiger partial charge is 0.781 e. The molecule has 0 aromatic heterocycles. The minimum Gasteiger partial charge on any atom is -0.781 e. The largest absolute Gasteiger partial charge is 2.00 e. The third kappa shape index (κ3) is 32.3. The predicted octanol–water partition coefficient (Wildman–Crippen LogP) is -0.945. The van der Waals surface area contributed by atoms with Gasteiger partial charge in [-0.05, 0) is 6.92 Å². The summed E-state index contributed by atoms with van der Waals surface area (Å²) in [5.74, 6) is 0. The molecule has 0 aliphatic rings. The molecule has 0 bridgehead atoms. The van der Waals surface area contributed by atoms with Crippen LogP contribution in [0.15, 0.2) is 12.2 Å². The van der Waals surface area contributed by atoms with E-state index in [-0.39, 0.29) is 29.0 Å². The molecule has 0 aliphatic heterocycles. The zero-order chi connectivity index (χ0) is 10.1. The van der Waals surface area contributed by atoms with Gasteiger partial charge in [-0.25, -0.2) is 0 Å². The summed E-state index contributed by atoms with van der Waals surface area (Å²) in [6, 6.07) is 0. The zero-order valence-electron chi connectivity index (χ0n) is 6.70. The van der Waals surface area contributed by atoms with Crippen molar-refractivity contribution in [3.63, 3.8) is 0 Å². The first kappa shape index (κ1) is 19.4. The summed E-state index contributed by atoms with van der Waals surface area (Å²) in [5.41, 5.74) is 0.810. The van der Waals surface area contributed by atoms with E-state index in [0.717, 1.165) is 5.57 Å². The molecule has 0 aromatic carbocycles. The quantitative estimate of drug-likeness (QED) is 0.407. The predicted molar refractivity (Wildman–Crippen MR) is 41.0 cm³/mol. The van der Waals surface area contributed by atoms with Crippen molar-refractivity contribution in [2.75, 3.05) is 6.61 Å². The van der Waals surface area contributed by atoms with Gasteiger partial charge >= 0.3 is 22.4 Å². The zero-order valence-corrected chi connectivity index (χ0v) is 10.2. The van der Waals surface area contributed by atoms with Crippen molar-refractivity contribution in [3.8, 4) is 0 Å². The fourth-order valence-electron chi connectivity index (χ4n) is 0.0680. The van der Waals surface area contributed by atoms with Crippen LogP contribution in [0.4, 0.5) is 0 Å². The van der Waals surface area contributed by atoms with Gasteiger partial charge in [0.2, 0.25) is 0 Å². The van der Waals surface area contributed by atoms with Crippen molar-refractivity contribution in [2.45, 2.75) is 6.92 Å². The molecule has 9 heteroatoms. The van der Waals surface area contributed by atoms with Crippen molar-refractivity contribution >= 4 is 16.5 Å². The van der Waals surface area contributed by atoms with E-state index >= 15 is 0 Å². The molecular weight excluding hydrogens is 314 g/mol. The maximum atomic E-state index is 9.29. The van der Waals surface area contributed by atoms with E-state index in [1.165, 1.54) is 0 Å². The van der Waals surface area contributed by atoms with Crippen LogP contribution < -0.4 is 9.79 Å². The maximum Gasteiger partial charge on any atom is 2.00 e. The van der Waals surface area contributed by atoms with Gasteiger partial charge in [0.25, 0.3) is 0 Å². The molecule has 0 saturated carbocycles. The monoisotopic (exact) mass is 323 g/mol. The van der Waals surface area contributed by atoms with Crippen molar-refractivity contribution in [1.82, 2.24) is 0 Å². The third-order valence-corrected chi connectivity index (χ3v) is 1.77. The van der Waals surface area contributed by atoms with Crippen molar-refractivity contribution in [3.05, 3.63) is 12.2 Å². The number of aliphatic hydroxyl groups excluding tert-OH is 1. The molecule has 0 aliphatic carbocycles. The fraction of sp³-hybridized carbons (Fsp3) is 0.500. The summed E-state index contributed by atoms with van der Waals surface area (Å²) in [6.07, 6.45) is 0. The van der Waals surface area contributed by atoms with Crippen LogP contribution in [-0.2, 0) is 35.8 Å². The first-order chi connectivity index (χ1) is 5.40. The van der Waals surface area contributed by atoms with Crippen LogP contribution in [0.5, 0.6) is 0 Å². The van der Waals surface area contributed by atoms with E-state index in [1.54, 1.807) is 6.92 Å². The Hall–Kier alpha value is 0.780. The van der Waals surface area contributed by atoms with Gasteiger partial charge in [0.15, 0.2) is 0 Å². The second-order valence-corrected chi connectivity index (χ2v) is 3.53. The van der Waals surface area contributed by atoms with Gasteiger partial charge in [0.1, 0.15) is 16.5 Å². The minimum absolute atomic E-state index is 0. The second-order valence-electron chi connectivity index (χ2n) is 1.72. The Balaban J connectivity index is -0.000000150. The molecule has 0 spiro atoms. The van der Waals surface area contributed by atoms with E-state index in [1.807, 2.05) is 0 Å². The first-order valence-corrected chi connectivity index (χ1v) is 5.20. The minimum atomic E-state index is -3.51. The van der Waals surface area contributed by atoms with Crippen LogP contribution in [0.1, 0.15) is 6.92 Å². The van der Waals surface area contributed by atoms with Gasteiger partial charge in [-0.3, -0.25) is 4.31 Å². The normalized spacial score (nSPS) is 12.9. The number of hydrogen-bond donors (Lipinski definition) is 1. The standard InChI is InChI=1S/C4H8O.Ag.H4O5P2/c1-4(2)3-5;;1-6(2)5-7(3)4/h5H,1,3H2,2H3;;6-7H,(H,1,2)(H,3,4)/q;+2;/p-2. The molecule has 2 atom stereocenters. The first-order valence-electron chi connectivity index (χ1n) is 2.75. The van der Waals surface area contributed by atoms with Crippen LogP contribution in [0.25, 0.3) is 0 Å². The maximum absolute atomic E-state index is 9.29. The Morgan fingerprint density at radius 3 is 1.69 bits per heavy atom. The topological polar surface area (TPSA) is 110 Å². The summed E-state index contributed by atoms with van der Waals surface area (Å²) in [7, 11) is -7.03. The van der Waals surface area contributed by atoms with Gasteiger partial charge in [-0.1, -0.05) is 12.2 Å². The van der Waals surface area contributed by atoms with Crippen LogP contribution in [0, 0.1) is 0 Å². The molecule has 2 unspecified atom stereocenters. The van der Waals surface area contributed by atoms with Gasteiger partial charge in [0, 0.05) is 0 Å². The Kier molecular flexibility index (Phi) is 19.0. The van der Waals surface area contributed by atoms with Gasteiger partial charge < -0.3 is 24.0 Å². The SMILES string of the molecule is C=C(C)CO.O=[PH]([O-])O[PH](=O)[O-].[Ag+2]. The third-order valence-electron chi connectivity index (χ3n) is 0.437. The molecule has 0 fully saturated rings. The van der Waals surface area contributed by atoms with E-state index in [0.29, 0.717) is 0 Å². The van der Waals surface area contributed by atoms with Crippen LogP contribution in [0.3, 0.4) is 0 Å². The second kappa shape index (κ2) is 12.8. The Bertz CT molecular complexity index is 171. The molecule has 0 heterocycles. The molecular formula is C4H10AgO6P2. The average Bonchev–Trinajstić information content (AvgIpc) is 1.85. The van der Waals surface area contributed by atoms with E-state index in [4.69, 9.17) is 5.11 Å². The molecule has 13 heavy (non-hydrogen) atoms. The van der Waals surface area contributed by atoms with Gasteiger partial charge in [-0.15, -0.1) is 0 Å². The Morgan fingerprint density at radius 1 is 1.46 bits per heavy atom. The molecule has 0 aromatic rings. The average molecular weight is 324 g/mol. The Labute approximate surface area is 93.0 Å². The van der Waals surface area contributed by atoms with Crippen molar-refractivity contribution in [1.29, 1.82) is 0 Å². The molecule has 83 valence electrons. The van der Waals surface area contributed by atoms with Crippen LogP contribution >= 0.6 is 16.5 Å². The summed E-state index contributed by atoms with van der Waals surface area (Å²) in [6.45, 7) is 5.31. The molecule has 0 amide bonds. The molecule has 0 saturated heterocycles. The molecule has 1 radical (unpaired) electrons. The van der Waals surface area contributed by atoms with Crippen LogP contribution in [0.2, 0.25) is 0 Å². The summed E-state index contributed by atoms with van der Waals surface area (Å²) >= 11 is 0. The van der Waals surface area contributed by atoms with Crippen molar-refractivity contribution < 1.29 is 50.7 Å². The van der Waals surface area contributed by atoms with Gasteiger partial charge in [0.05, 0.1) is 6.61 Å². The molecule has 1 N–H and O–H groups in total. The fourth-order valence-corrected chi connectivity index (χ4v) is 0.612. The number of hydrogen-bond acceptors (Lipinski definition) is 6. The van der Waals surface area contributed by atoms with E-state index in [2.05, 4.69) is 10.9 Å². The van der Waals surface area contributed by atoms with E-state index in [9.17, 15) is 18.9 Å². The summed E-state index contributed by atoms with van der Waals surface area (Å²) in [5, 5.41) is 8.04. The molecule has 0 rings (SSSR count).